The lowest BCUT2D eigenvalue weighted by Crippen LogP contribution is -2.42. The first-order chi connectivity index (χ1) is 18.0. The number of carbonyl (C=O) groups excluding carboxylic acids is 2. The first kappa shape index (κ1) is 25.3. The average molecular weight is 509 g/mol. The highest BCUT2D eigenvalue weighted by molar-refractivity contribution is 5.95. The summed E-state index contributed by atoms with van der Waals surface area (Å²) in [6.07, 6.45) is 9.19. The second-order valence-electron chi connectivity index (χ2n) is 10.3. The van der Waals surface area contributed by atoms with Crippen molar-refractivity contribution in [1.82, 2.24) is 24.6 Å². The van der Waals surface area contributed by atoms with E-state index in [0.29, 0.717) is 18.9 Å². The molecule has 1 fully saturated rings. The zero-order valence-electron chi connectivity index (χ0n) is 21.6. The number of benzene rings is 1. The predicted molar refractivity (Wildman–Crippen MR) is 139 cm³/mol. The van der Waals surface area contributed by atoms with Gasteiger partial charge in [0.2, 0.25) is 5.91 Å². The van der Waals surface area contributed by atoms with Gasteiger partial charge >= 0.3 is 6.09 Å². The van der Waals surface area contributed by atoms with Crippen molar-refractivity contribution >= 4 is 28.7 Å². The van der Waals surface area contributed by atoms with Crippen LogP contribution in [0.25, 0.3) is 11.0 Å². The fourth-order valence-electron chi connectivity index (χ4n) is 5.77. The van der Waals surface area contributed by atoms with Crippen molar-refractivity contribution in [3.8, 4) is 0 Å². The maximum atomic E-state index is 13.2. The maximum Gasteiger partial charge on any atom is 0.414 e. The molecule has 198 valence electrons. The number of aliphatic hydroxyl groups excluding tert-OH is 1. The first-order valence-corrected chi connectivity index (χ1v) is 13.2. The number of ether oxygens (including phenoxy) is 1. The van der Waals surface area contributed by atoms with Crippen LogP contribution in [0.15, 0.2) is 30.6 Å². The molecule has 2 aromatic heterocycles. The largest absolute Gasteiger partial charge is 0.452 e. The number of methoxy groups -OCH3 is 1. The summed E-state index contributed by atoms with van der Waals surface area (Å²) in [4.78, 5) is 32.5. The van der Waals surface area contributed by atoms with Crippen molar-refractivity contribution < 1.29 is 19.4 Å². The van der Waals surface area contributed by atoms with Gasteiger partial charge in [0.05, 0.1) is 23.8 Å². The van der Waals surface area contributed by atoms with Gasteiger partial charge in [0.25, 0.3) is 0 Å². The summed E-state index contributed by atoms with van der Waals surface area (Å²) in [5, 5.41) is 16.9. The Labute approximate surface area is 216 Å². The fourth-order valence-corrected chi connectivity index (χ4v) is 5.77. The van der Waals surface area contributed by atoms with E-state index in [-0.39, 0.29) is 37.2 Å². The van der Waals surface area contributed by atoms with Crippen LogP contribution in [0.2, 0.25) is 0 Å². The Morgan fingerprint density at radius 2 is 2.00 bits per heavy atom. The molecule has 1 saturated carbocycles. The lowest BCUT2D eigenvalue weighted by molar-refractivity contribution is -0.122. The zero-order chi connectivity index (χ0) is 25.9. The summed E-state index contributed by atoms with van der Waals surface area (Å²) in [5.74, 6) is 1.13. The molecule has 0 unspecified atom stereocenters. The van der Waals surface area contributed by atoms with Gasteiger partial charge in [-0.05, 0) is 69.6 Å². The van der Waals surface area contributed by atoms with Crippen molar-refractivity contribution in [3.63, 3.8) is 0 Å². The number of hydrogen-bond donors (Lipinski definition) is 2. The van der Waals surface area contributed by atoms with Crippen molar-refractivity contribution in [2.24, 2.45) is 5.92 Å². The van der Waals surface area contributed by atoms with Gasteiger partial charge in [0, 0.05) is 49.6 Å². The minimum absolute atomic E-state index is 0.0328. The van der Waals surface area contributed by atoms with Crippen LogP contribution in [0.3, 0.4) is 0 Å². The number of nitrogens with zero attached hydrogens (tertiary/aromatic N) is 5. The van der Waals surface area contributed by atoms with Gasteiger partial charge in [-0.3, -0.25) is 14.4 Å². The number of amides is 2. The van der Waals surface area contributed by atoms with Gasteiger partial charge in [-0.15, -0.1) is 0 Å². The van der Waals surface area contributed by atoms with Crippen LogP contribution in [-0.4, -0.2) is 62.2 Å². The number of fused-ring (bicyclic) bond motifs is 3. The summed E-state index contributed by atoms with van der Waals surface area (Å²) in [7, 11) is 1.40. The summed E-state index contributed by atoms with van der Waals surface area (Å²) in [5.41, 5.74) is 3.58. The van der Waals surface area contributed by atoms with E-state index < -0.39 is 0 Å². The highest BCUT2D eigenvalue weighted by Gasteiger charge is 2.32. The molecule has 1 aliphatic heterocycles. The molecule has 1 atom stereocenters. The molecule has 0 radical (unpaired) electrons. The quantitative estimate of drug-likeness (QED) is 0.507. The molecule has 3 heterocycles. The lowest BCUT2D eigenvalue weighted by Gasteiger charge is -2.34. The van der Waals surface area contributed by atoms with E-state index in [1.165, 1.54) is 7.11 Å². The number of hydrogen-bond acceptors (Lipinski definition) is 6. The molecule has 5 rings (SSSR count). The molecule has 2 aliphatic rings. The number of imidazole rings is 1. The van der Waals surface area contributed by atoms with Crippen molar-refractivity contribution in [1.29, 1.82) is 0 Å². The Morgan fingerprint density at radius 3 is 2.70 bits per heavy atom. The number of carbonyl (C=O) groups is 2. The van der Waals surface area contributed by atoms with Gasteiger partial charge in [0.1, 0.15) is 12.4 Å². The van der Waals surface area contributed by atoms with E-state index in [9.17, 15) is 14.7 Å². The molecule has 0 bridgehead atoms. The van der Waals surface area contributed by atoms with Crippen LogP contribution < -0.4 is 10.2 Å². The van der Waals surface area contributed by atoms with Gasteiger partial charge in [-0.2, -0.15) is 5.10 Å². The number of anilines is 1. The molecule has 3 aromatic rings. The van der Waals surface area contributed by atoms with Gasteiger partial charge in [-0.1, -0.05) is 0 Å². The number of aromatic nitrogens is 4. The molecular weight excluding hydrogens is 472 g/mol. The highest BCUT2D eigenvalue weighted by Crippen LogP contribution is 2.36. The summed E-state index contributed by atoms with van der Waals surface area (Å²) >= 11 is 0. The third-order valence-electron chi connectivity index (χ3n) is 7.86. The number of nitrogens with one attached hydrogen (secondary N) is 1. The minimum atomic E-state index is -0.374. The second kappa shape index (κ2) is 10.9. The summed E-state index contributed by atoms with van der Waals surface area (Å²) in [6.45, 7) is 3.08. The maximum absolute atomic E-state index is 13.2. The van der Waals surface area contributed by atoms with E-state index >= 15 is 0 Å². The standard InChI is InChI=1S/C27H36N6O4/c1-18-4-9-21-22(33(18)27(36)37-2)10-11-23-26(21)30-24(12-15-31-14-3-13-28-31)32(23)16-25(35)29-20-7-5-19(17-34)6-8-20/h3,10-11,13-14,18-20,34H,4-9,12,15-17H2,1-2H3,(H,29,35)/t18-,19-,20-/m0/s1. The molecule has 1 aromatic carbocycles. The van der Waals surface area contributed by atoms with Crippen molar-refractivity contribution in [3.05, 3.63) is 42.0 Å². The molecule has 2 amide bonds. The number of rotatable bonds is 7. The Balaban J connectivity index is 1.45. The predicted octanol–water partition coefficient (Wildman–Crippen LogP) is 3.05. The van der Waals surface area contributed by atoms with E-state index in [4.69, 9.17) is 9.72 Å². The van der Waals surface area contributed by atoms with Crippen LogP contribution in [0, 0.1) is 5.92 Å². The van der Waals surface area contributed by atoms with E-state index in [1.54, 1.807) is 11.1 Å². The monoisotopic (exact) mass is 508 g/mol. The molecule has 0 saturated heterocycles. The fraction of sp³-hybridized carbons (Fsp3) is 0.556. The highest BCUT2D eigenvalue weighted by atomic mass is 16.5. The normalized spacial score (nSPS) is 21.6. The SMILES string of the molecule is COC(=O)N1c2ccc3c(nc(CCn4cccn4)n3CC(=O)N[C@H]3CC[C@H](CO)CC3)c2CC[C@@H]1C. The lowest BCUT2D eigenvalue weighted by atomic mass is 9.86. The smallest absolute Gasteiger partial charge is 0.414 e. The third-order valence-corrected chi connectivity index (χ3v) is 7.86. The summed E-state index contributed by atoms with van der Waals surface area (Å²) < 4.78 is 8.93. The van der Waals surface area contributed by atoms with Gasteiger partial charge in [0.15, 0.2) is 0 Å². The van der Waals surface area contributed by atoms with Crippen LogP contribution in [0.1, 0.15) is 50.4 Å². The molecule has 2 N–H and O–H groups in total. The van der Waals surface area contributed by atoms with Gasteiger partial charge < -0.3 is 19.7 Å². The van der Waals surface area contributed by atoms with E-state index in [0.717, 1.165) is 66.6 Å². The van der Waals surface area contributed by atoms with Crippen LogP contribution in [0.4, 0.5) is 10.5 Å². The Hall–Kier alpha value is -3.40. The first-order valence-electron chi connectivity index (χ1n) is 13.2. The molecule has 1 aliphatic carbocycles. The van der Waals surface area contributed by atoms with Gasteiger partial charge in [-0.25, -0.2) is 9.78 Å². The van der Waals surface area contributed by atoms with Crippen LogP contribution in [-0.2, 0) is 35.5 Å². The second-order valence-corrected chi connectivity index (χ2v) is 10.3. The van der Waals surface area contributed by atoms with E-state index in [1.807, 2.05) is 40.6 Å². The average Bonchev–Trinajstić information content (AvgIpc) is 3.55. The van der Waals surface area contributed by atoms with Crippen LogP contribution in [0.5, 0.6) is 0 Å². The minimum Gasteiger partial charge on any atom is -0.452 e. The molecule has 0 spiro atoms. The summed E-state index contributed by atoms with van der Waals surface area (Å²) in [6, 6.07) is 5.98. The number of aryl methyl sites for hydroxylation is 3. The molecular formula is C27H36N6O4. The Bertz CT molecular complexity index is 1250. The molecule has 10 nitrogen and oxygen atoms in total. The number of aliphatic hydroxyl groups is 1. The molecule has 10 heteroatoms. The van der Waals surface area contributed by atoms with E-state index in [2.05, 4.69) is 10.4 Å². The third kappa shape index (κ3) is 5.20. The Morgan fingerprint density at radius 1 is 1.19 bits per heavy atom. The van der Waals surface area contributed by atoms with Crippen molar-refractivity contribution in [2.45, 2.75) is 77.0 Å². The van der Waals surface area contributed by atoms with Crippen LogP contribution >= 0.6 is 0 Å². The molecule has 37 heavy (non-hydrogen) atoms. The zero-order valence-corrected chi connectivity index (χ0v) is 21.6. The van der Waals surface area contributed by atoms with Crippen molar-refractivity contribution in [2.75, 3.05) is 18.6 Å². The Kier molecular flexibility index (Phi) is 7.45. The topological polar surface area (TPSA) is 115 Å².